The molecule has 0 unspecified atom stereocenters. The molecular weight excluding hydrogens is 423 g/mol. The largest absolute Gasteiger partial charge is 0.493 e. The minimum absolute atomic E-state index is 0.127. The van der Waals surface area contributed by atoms with Crippen molar-refractivity contribution in [3.63, 3.8) is 0 Å². The molecule has 2 amide bonds. The summed E-state index contributed by atoms with van der Waals surface area (Å²) in [5.74, 6) is 0.339. The van der Waals surface area contributed by atoms with Crippen LogP contribution in [0.25, 0.3) is 0 Å². The number of para-hydroxylation sites is 1. The molecule has 0 atom stereocenters. The molecule has 0 aliphatic rings. The van der Waals surface area contributed by atoms with Gasteiger partial charge in [-0.05, 0) is 46.9 Å². The second-order valence-corrected chi connectivity index (χ2v) is 5.95. The van der Waals surface area contributed by atoms with Gasteiger partial charge in [0.2, 0.25) is 5.91 Å². The molecule has 0 fully saturated rings. The van der Waals surface area contributed by atoms with Crippen molar-refractivity contribution in [1.29, 1.82) is 0 Å². The first-order valence-corrected chi connectivity index (χ1v) is 8.17. The number of carbonyl (C=O) groups is 2. The molecule has 0 aliphatic heterocycles. The lowest BCUT2D eigenvalue weighted by Crippen LogP contribution is -2.33. The third-order valence-corrected chi connectivity index (χ3v) is 4.08. The Morgan fingerprint density at radius 1 is 1.04 bits per heavy atom. The molecule has 6 nitrogen and oxygen atoms in total. The van der Waals surface area contributed by atoms with E-state index in [2.05, 4.69) is 10.6 Å². The molecule has 2 N–H and O–H groups in total. The Labute approximate surface area is 153 Å². The highest BCUT2D eigenvalue weighted by atomic mass is 127. The first-order valence-electron chi connectivity index (χ1n) is 7.09. The predicted octanol–water partition coefficient (Wildman–Crippen LogP) is 2.68. The average Bonchev–Trinajstić information content (AvgIpc) is 2.60. The summed E-state index contributed by atoms with van der Waals surface area (Å²) in [5.41, 5.74) is 1.10. The van der Waals surface area contributed by atoms with Crippen LogP contribution in [0.3, 0.4) is 0 Å². The third kappa shape index (κ3) is 4.60. The molecule has 0 aromatic heterocycles. The highest BCUT2D eigenvalue weighted by molar-refractivity contribution is 14.1. The fraction of sp³-hybridized carbons (Fsp3) is 0.176. The molecule has 0 bridgehead atoms. The van der Waals surface area contributed by atoms with Gasteiger partial charge in [-0.15, -0.1) is 0 Å². The number of ether oxygens (including phenoxy) is 2. The maximum Gasteiger partial charge on any atom is 0.252 e. The molecule has 2 aromatic rings. The van der Waals surface area contributed by atoms with E-state index in [1.165, 1.54) is 14.2 Å². The summed E-state index contributed by atoms with van der Waals surface area (Å²) in [5, 5.41) is 5.30. The number of methoxy groups -OCH3 is 2. The predicted molar refractivity (Wildman–Crippen MR) is 99.7 cm³/mol. The quantitative estimate of drug-likeness (QED) is 0.678. The number of halogens is 1. The smallest absolute Gasteiger partial charge is 0.252 e. The van der Waals surface area contributed by atoms with Crippen LogP contribution in [0.15, 0.2) is 42.5 Å². The summed E-state index contributed by atoms with van der Waals surface area (Å²) < 4.78 is 11.1. The van der Waals surface area contributed by atoms with Crippen molar-refractivity contribution >= 4 is 40.1 Å². The molecule has 2 rings (SSSR count). The van der Waals surface area contributed by atoms with E-state index in [-0.39, 0.29) is 18.4 Å². The number of benzene rings is 2. The maximum absolute atomic E-state index is 12.3. The summed E-state index contributed by atoms with van der Waals surface area (Å²) in [6, 6.07) is 12.3. The second kappa shape index (κ2) is 8.53. The van der Waals surface area contributed by atoms with Crippen LogP contribution in [-0.2, 0) is 4.79 Å². The monoisotopic (exact) mass is 440 g/mol. The lowest BCUT2D eigenvalue weighted by molar-refractivity contribution is -0.115. The van der Waals surface area contributed by atoms with E-state index in [9.17, 15) is 9.59 Å². The van der Waals surface area contributed by atoms with Crippen LogP contribution in [0, 0.1) is 3.57 Å². The van der Waals surface area contributed by atoms with Crippen molar-refractivity contribution < 1.29 is 19.1 Å². The Bertz CT molecular complexity index is 735. The van der Waals surface area contributed by atoms with Crippen molar-refractivity contribution in [2.75, 3.05) is 26.1 Å². The number of carbonyl (C=O) groups excluding carboxylic acids is 2. The molecule has 0 saturated carbocycles. The van der Waals surface area contributed by atoms with Gasteiger partial charge < -0.3 is 20.1 Å². The Kier molecular flexibility index (Phi) is 6.42. The van der Waals surface area contributed by atoms with Gasteiger partial charge in [0.05, 0.1) is 26.3 Å². The van der Waals surface area contributed by atoms with Gasteiger partial charge in [0.15, 0.2) is 11.5 Å². The summed E-state index contributed by atoms with van der Waals surface area (Å²) in [6.45, 7) is -0.127. The van der Waals surface area contributed by atoms with Crippen molar-refractivity contribution in [1.82, 2.24) is 5.32 Å². The molecule has 0 saturated heterocycles. The van der Waals surface area contributed by atoms with E-state index in [0.29, 0.717) is 26.3 Å². The van der Waals surface area contributed by atoms with Gasteiger partial charge in [0, 0.05) is 9.26 Å². The van der Waals surface area contributed by atoms with Crippen molar-refractivity contribution in [2.45, 2.75) is 0 Å². The number of hydrogen-bond acceptors (Lipinski definition) is 4. The van der Waals surface area contributed by atoms with Crippen LogP contribution in [0.5, 0.6) is 11.5 Å². The second-order valence-electron chi connectivity index (χ2n) is 4.78. The van der Waals surface area contributed by atoms with Crippen LogP contribution < -0.4 is 20.1 Å². The first-order chi connectivity index (χ1) is 11.5. The molecular formula is C17H17IN2O4. The topological polar surface area (TPSA) is 76.7 Å². The Hall–Kier alpha value is -2.29. The fourth-order valence-corrected chi connectivity index (χ4v) is 2.69. The van der Waals surface area contributed by atoms with Gasteiger partial charge in [-0.1, -0.05) is 18.2 Å². The summed E-state index contributed by atoms with van der Waals surface area (Å²) in [7, 11) is 3.03. The average molecular weight is 440 g/mol. The molecule has 126 valence electrons. The highest BCUT2D eigenvalue weighted by Crippen LogP contribution is 2.31. The number of rotatable bonds is 6. The van der Waals surface area contributed by atoms with E-state index in [1.807, 2.05) is 40.8 Å². The van der Waals surface area contributed by atoms with E-state index >= 15 is 0 Å². The maximum atomic E-state index is 12.3. The van der Waals surface area contributed by atoms with Gasteiger partial charge in [-0.3, -0.25) is 9.59 Å². The number of hydrogen-bond donors (Lipinski definition) is 2. The van der Waals surface area contributed by atoms with Crippen LogP contribution >= 0.6 is 22.6 Å². The van der Waals surface area contributed by atoms with Crippen LogP contribution in [0.1, 0.15) is 10.4 Å². The molecule has 24 heavy (non-hydrogen) atoms. The van der Waals surface area contributed by atoms with E-state index in [4.69, 9.17) is 9.47 Å². The van der Waals surface area contributed by atoms with Gasteiger partial charge in [-0.25, -0.2) is 0 Å². The first kappa shape index (κ1) is 18.1. The van der Waals surface area contributed by atoms with Crippen molar-refractivity contribution in [2.24, 2.45) is 0 Å². The standard InChI is InChI=1S/C17H17IN2O4/c1-23-14-8-12(13(18)9-15(14)24-2)17(22)19-10-16(21)20-11-6-4-3-5-7-11/h3-9H,10H2,1-2H3,(H,19,22)(H,20,21). The SMILES string of the molecule is COc1cc(I)c(C(=O)NCC(=O)Nc2ccccc2)cc1OC. The van der Waals surface area contributed by atoms with Crippen molar-refractivity contribution in [3.8, 4) is 11.5 Å². The summed E-state index contributed by atoms with van der Waals surface area (Å²) in [4.78, 5) is 24.2. The third-order valence-electron chi connectivity index (χ3n) is 3.18. The van der Waals surface area contributed by atoms with Gasteiger partial charge in [-0.2, -0.15) is 0 Å². The van der Waals surface area contributed by atoms with Gasteiger partial charge in [0.25, 0.3) is 5.91 Å². The van der Waals surface area contributed by atoms with Crippen LogP contribution in [-0.4, -0.2) is 32.6 Å². The Morgan fingerprint density at radius 2 is 1.67 bits per heavy atom. The lowest BCUT2D eigenvalue weighted by Gasteiger charge is -2.12. The Morgan fingerprint density at radius 3 is 2.29 bits per heavy atom. The van der Waals surface area contributed by atoms with Crippen LogP contribution in [0.4, 0.5) is 5.69 Å². The van der Waals surface area contributed by atoms with E-state index in [0.717, 1.165) is 0 Å². The zero-order valence-electron chi connectivity index (χ0n) is 13.3. The minimum atomic E-state index is -0.358. The normalized spacial score (nSPS) is 9.96. The molecule has 0 radical (unpaired) electrons. The number of anilines is 1. The molecule has 7 heteroatoms. The lowest BCUT2D eigenvalue weighted by atomic mass is 10.2. The van der Waals surface area contributed by atoms with E-state index < -0.39 is 0 Å². The minimum Gasteiger partial charge on any atom is -0.493 e. The highest BCUT2D eigenvalue weighted by Gasteiger charge is 2.16. The van der Waals surface area contributed by atoms with Gasteiger partial charge in [0.1, 0.15) is 0 Å². The number of amides is 2. The Balaban J connectivity index is 2.01. The number of nitrogens with one attached hydrogen (secondary N) is 2. The molecule has 0 spiro atoms. The summed E-state index contributed by atoms with van der Waals surface area (Å²) >= 11 is 2.04. The molecule has 0 heterocycles. The van der Waals surface area contributed by atoms with Gasteiger partial charge >= 0.3 is 0 Å². The molecule has 0 aliphatic carbocycles. The fourth-order valence-electron chi connectivity index (χ4n) is 2.01. The summed E-state index contributed by atoms with van der Waals surface area (Å²) in [6.07, 6.45) is 0. The zero-order valence-corrected chi connectivity index (χ0v) is 15.4. The molecule has 2 aromatic carbocycles. The zero-order chi connectivity index (χ0) is 17.5. The van der Waals surface area contributed by atoms with Crippen molar-refractivity contribution in [3.05, 3.63) is 51.6 Å². The van der Waals surface area contributed by atoms with E-state index in [1.54, 1.807) is 24.3 Å². The van der Waals surface area contributed by atoms with Crippen LogP contribution in [0.2, 0.25) is 0 Å².